The van der Waals surface area contributed by atoms with Gasteiger partial charge in [-0.15, -0.1) is 0 Å². The van der Waals surface area contributed by atoms with Gasteiger partial charge in [-0.1, -0.05) is 28.1 Å². The standard InChI is InChI=1S/C12H14BrNO/c1-8(15)12(14)6-5-10-9(7-12)3-2-4-11(10)13/h2-4H,5-7,14H2,1H3. The maximum atomic E-state index is 11.5. The molecule has 2 rings (SSSR count). The number of Topliss-reactive ketones (excluding diaryl/α,β-unsaturated/α-hetero) is 1. The van der Waals surface area contributed by atoms with Crippen molar-refractivity contribution in [3.05, 3.63) is 33.8 Å². The molecule has 1 aromatic rings. The van der Waals surface area contributed by atoms with E-state index in [1.54, 1.807) is 6.92 Å². The monoisotopic (exact) mass is 267 g/mol. The predicted octanol–water partition coefficient (Wildman–Crippen LogP) is 2.22. The molecule has 2 N–H and O–H groups in total. The first kappa shape index (κ1) is 10.8. The number of carbonyl (C=O) groups excluding carboxylic acids is 1. The van der Waals surface area contributed by atoms with Crippen LogP contribution in [0, 0.1) is 0 Å². The largest absolute Gasteiger partial charge is 0.319 e. The molecular weight excluding hydrogens is 254 g/mol. The SMILES string of the molecule is CC(=O)C1(N)CCc2c(Br)cccc2C1. The minimum absolute atomic E-state index is 0.0909. The highest BCUT2D eigenvalue weighted by Gasteiger charge is 2.35. The van der Waals surface area contributed by atoms with Crippen LogP contribution in [-0.4, -0.2) is 11.3 Å². The molecule has 80 valence electrons. The van der Waals surface area contributed by atoms with Crippen LogP contribution < -0.4 is 5.73 Å². The number of fused-ring (bicyclic) bond motifs is 1. The number of benzene rings is 1. The lowest BCUT2D eigenvalue weighted by atomic mass is 9.76. The van der Waals surface area contributed by atoms with E-state index in [-0.39, 0.29) is 5.78 Å². The Bertz CT molecular complexity index is 416. The fraction of sp³-hybridized carbons (Fsp3) is 0.417. The van der Waals surface area contributed by atoms with Crippen molar-refractivity contribution in [2.24, 2.45) is 5.73 Å². The number of rotatable bonds is 1. The molecule has 2 nitrogen and oxygen atoms in total. The lowest BCUT2D eigenvalue weighted by Crippen LogP contribution is -2.51. The first-order chi connectivity index (χ1) is 7.03. The van der Waals surface area contributed by atoms with Gasteiger partial charge >= 0.3 is 0 Å². The zero-order chi connectivity index (χ0) is 11.1. The van der Waals surface area contributed by atoms with E-state index in [2.05, 4.69) is 22.0 Å². The predicted molar refractivity (Wildman–Crippen MR) is 63.8 cm³/mol. The minimum Gasteiger partial charge on any atom is -0.319 e. The summed E-state index contributed by atoms with van der Waals surface area (Å²) in [5, 5.41) is 0. The fourth-order valence-electron chi connectivity index (χ4n) is 2.13. The van der Waals surface area contributed by atoms with Crippen molar-refractivity contribution in [3.8, 4) is 0 Å². The van der Waals surface area contributed by atoms with Crippen LogP contribution in [0.2, 0.25) is 0 Å². The Morgan fingerprint density at radius 2 is 2.27 bits per heavy atom. The molecule has 0 saturated carbocycles. The molecule has 1 unspecified atom stereocenters. The zero-order valence-electron chi connectivity index (χ0n) is 8.72. The second-order valence-electron chi connectivity index (χ2n) is 4.27. The number of ketones is 1. The third-order valence-corrected chi connectivity index (χ3v) is 3.99. The summed E-state index contributed by atoms with van der Waals surface area (Å²) in [6, 6.07) is 6.09. The van der Waals surface area contributed by atoms with Crippen molar-refractivity contribution < 1.29 is 4.79 Å². The van der Waals surface area contributed by atoms with Crippen molar-refractivity contribution in [2.75, 3.05) is 0 Å². The molecule has 0 bridgehead atoms. The molecule has 3 heteroatoms. The van der Waals surface area contributed by atoms with Crippen LogP contribution in [-0.2, 0) is 17.6 Å². The Labute approximate surface area is 98.0 Å². The Morgan fingerprint density at radius 1 is 1.53 bits per heavy atom. The lowest BCUT2D eigenvalue weighted by Gasteiger charge is -2.32. The van der Waals surface area contributed by atoms with E-state index in [0.29, 0.717) is 6.42 Å². The highest BCUT2D eigenvalue weighted by Crippen LogP contribution is 2.32. The van der Waals surface area contributed by atoms with E-state index in [0.717, 1.165) is 17.3 Å². The highest BCUT2D eigenvalue weighted by atomic mass is 79.9. The average Bonchev–Trinajstić information content (AvgIpc) is 2.17. The van der Waals surface area contributed by atoms with Crippen molar-refractivity contribution in [2.45, 2.75) is 31.7 Å². The molecule has 1 aromatic carbocycles. The van der Waals surface area contributed by atoms with Crippen molar-refractivity contribution >= 4 is 21.7 Å². The number of halogens is 1. The van der Waals surface area contributed by atoms with Gasteiger partial charge in [0.05, 0.1) is 5.54 Å². The van der Waals surface area contributed by atoms with Gasteiger partial charge in [-0.2, -0.15) is 0 Å². The van der Waals surface area contributed by atoms with Crippen LogP contribution >= 0.6 is 15.9 Å². The summed E-state index contributed by atoms with van der Waals surface area (Å²) in [6.07, 6.45) is 2.29. The summed E-state index contributed by atoms with van der Waals surface area (Å²) in [7, 11) is 0. The van der Waals surface area contributed by atoms with Crippen LogP contribution in [0.5, 0.6) is 0 Å². The van der Waals surface area contributed by atoms with Crippen LogP contribution in [0.25, 0.3) is 0 Å². The first-order valence-electron chi connectivity index (χ1n) is 5.09. The molecule has 0 heterocycles. The number of hydrogen-bond donors (Lipinski definition) is 1. The third-order valence-electron chi connectivity index (χ3n) is 3.24. The fourth-order valence-corrected chi connectivity index (χ4v) is 2.73. The molecule has 1 aliphatic carbocycles. The third kappa shape index (κ3) is 1.86. The second-order valence-corrected chi connectivity index (χ2v) is 5.12. The van der Waals surface area contributed by atoms with Gasteiger partial charge in [0.15, 0.2) is 0 Å². The van der Waals surface area contributed by atoms with E-state index in [1.807, 2.05) is 12.1 Å². The summed E-state index contributed by atoms with van der Waals surface area (Å²) >= 11 is 3.53. The van der Waals surface area contributed by atoms with Crippen LogP contribution in [0.1, 0.15) is 24.5 Å². The van der Waals surface area contributed by atoms with Crippen LogP contribution in [0.15, 0.2) is 22.7 Å². The van der Waals surface area contributed by atoms with Gasteiger partial charge in [0.2, 0.25) is 0 Å². The molecular formula is C12H14BrNO. The molecule has 15 heavy (non-hydrogen) atoms. The molecule has 1 atom stereocenters. The van der Waals surface area contributed by atoms with Gasteiger partial charge in [0, 0.05) is 4.47 Å². The van der Waals surface area contributed by atoms with Crippen molar-refractivity contribution in [1.82, 2.24) is 0 Å². The van der Waals surface area contributed by atoms with E-state index in [1.165, 1.54) is 11.1 Å². The minimum atomic E-state index is -0.645. The smallest absolute Gasteiger partial charge is 0.149 e. The highest BCUT2D eigenvalue weighted by molar-refractivity contribution is 9.10. The Morgan fingerprint density at radius 3 is 2.93 bits per heavy atom. The van der Waals surface area contributed by atoms with E-state index >= 15 is 0 Å². The average molecular weight is 268 g/mol. The van der Waals surface area contributed by atoms with E-state index < -0.39 is 5.54 Å². The summed E-state index contributed by atoms with van der Waals surface area (Å²) in [5.41, 5.74) is 7.96. The van der Waals surface area contributed by atoms with Crippen LogP contribution in [0.4, 0.5) is 0 Å². The quantitative estimate of drug-likeness (QED) is 0.848. The van der Waals surface area contributed by atoms with Crippen molar-refractivity contribution in [3.63, 3.8) is 0 Å². The number of hydrogen-bond acceptors (Lipinski definition) is 2. The first-order valence-corrected chi connectivity index (χ1v) is 5.88. The number of carbonyl (C=O) groups is 1. The molecule has 0 radical (unpaired) electrons. The van der Waals surface area contributed by atoms with Gasteiger partial charge in [-0.25, -0.2) is 0 Å². The maximum Gasteiger partial charge on any atom is 0.149 e. The summed E-state index contributed by atoms with van der Waals surface area (Å²) < 4.78 is 1.13. The zero-order valence-corrected chi connectivity index (χ0v) is 10.3. The molecule has 0 spiro atoms. The van der Waals surface area contributed by atoms with Gasteiger partial charge in [0.25, 0.3) is 0 Å². The Hall–Kier alpha value is -0.670. The maximum absolute atomic E-state index is 11.5. The Balaban J connectivity index is 2.39. The second kappa shape index (κ2) is 3.72. The summed E-state index contributed by atoms with van der Waals surface area (Å²) in [5.74, 6) is 0.0909. The molecule has 1 aliphatic rings. The lowest BCUT2D eigenvalue weighted by molar-refractivity contribution is -0.122. The summed E-state index contributed by atoms with van der Waals surface area (Å²) in [4.78, 5) is 11.5. The molecule has 0 saturated heterocycles. The van der Waals surface area contributed by atoms with Gasteiger partial charge in [0.1, 0.15) is 5.78 Å². The number of nitrogens with two attached hydrogens (primary N) is 1. The molecule has 0 aliphatic heterocycles. The van der Waals surface area contributed by atoms with Crippen molar-refractivity contribution in [1.29, 1.82) is 0 Å². The van der Waals surface area contributed by atoms with Gasteiger partial charge < -0.3 is 5.73 Å². The Kier molecular flexibility index (Phi) is 2.69. The molecule has 0 aromatic heterocycles. The van der Waals surface area contributed by atoms with E-state index in [4.69, 9.17) is 5.73 Å². The summed E-state index contributed by atoms with van der Waals surface area (Å²) in [6.45, 7) is 1.59. The molecule has 0 fully saturated rings. The topological polar surface area (TPSA) is 43.1 Å². The normalized spacial score (nSPS) is 24.7. The molecule has 0 amide bonds. The van der Waals surface area contributed by atoms with E-state index in [9.17, 15) is 4.79 Å². The van der Waals surface area contributed by atoms with Crippen LogP contribution in [0.3, 0.4) is 0 Å². The van der Waals surface area contributed by atoms with Gasteiger partial charge in [-0.3, -0.25) is 4.79 Å². The van der Waals surface area contributed by atoms with Gasteiger partial charge in [-0.05, 0) is 43.4 Å².